The Kier molecular flexibility index (Phi) is 4.14. The van der Waals surface area contributed by atoms with Crippen LogP contribution in [0.2, 0.25) is 0 Å². The molecule has 0 bridgehead atoms. The lowest BCUT2D eigenvalue weighted by atomic mass is 10.1. The zero-order valence-electron chi connectivity index (χ0n) is 14.1. The van der Waals surface area contributed by atoms with E-state index in [1.807, 2.05) is 47.9 Å². The smallest absolute Gasteiger partial charge is 0.251 e. The summed E-state index contributed by atoms with van der Waals surface area (Å²) in [5.74, 6) is 0.536. The molecule has 1 atom stereocenters. The second-order valence-electron chi connectivity index (χ2n) is 5.97. The van der Waals surface area contributed by atoms with Crippen molar-refractivity contribution in [2.24, 2.45) is 0 Å². The van der Waals surface area contributed by atoms with E-state index in [1.54, 1.807) is 23.1 Å². The number of hydrogen-bond acceptors (Lipinski definition) is 5. The minimum absolute atomic E-state index is 0.155. The molecule has 1 aromatic carbocycles. The van der Waals surface area contributed by atoms with Crippen LogP contribution in [-0.4, -0.2) is 35.3 Å². The number of carbonyl (C=O) groups excluding carboxylic acids is 1. The zero-order valence-corrected chi connectivity index (χ0v) is 14.1. The van der Waals surface area contributed by atoms with E-state index in [-0.39, 0.29) is 11.9 Å². The molecule has 0 unspecified atom stereocenters. The molecule has 1 amide bonds. The SMILES string of the molecule is C[C@@H](NC(=O)c1ccc(Cn2cncn2)cc1)c1nnc2ccccn12. The molecule has 3 heterocycles. The van der Waals surface area contributed by atoms with Gasteiger partial charge in [0, 0.05) is 11.8 Å². The van der Waals surface area contributed by atoms with E-state index in [2.05, 4.69) is 25.6 Å². The minimum Gasteiger partial charge on any atom is -0.342 e. The molecule has 26 heavy (non-hydrogen) atoms. The maximum absolute atomic E-state index is 12.5. The Labute approximate surface area is 149 Å². The summed E-state index contributed by atoms with van der Waals surface area (Å²) in [5.41, 5.74) is 2.39. The van der Waals surface area contributed by atoms with E-state index in [0.717, 1.165) is 11.2 Å². The first-order valence-electron chi connectivity index (χ1n) is 8.22. The van der Waals surface area contributed by atoms with Gasteiger partial charge < -0.3 is 5.32 Å². The van der Waals surface area contributed by atoms with Gasteiger partial charge in [-0.2, -0.15) is 5.10 Å². The summed E-state index contributed by atoms with van der Waals surface area (Å²) in [5, 5.41) is 15.3. The Morgan fingerprint density at radius 1 is 1.15 bits per heavy atom. The lowest BCUT2D eigenvalue weighted by molar-refractivity contribution is 0.0938. The largest absolute Gasteiger partial charge is 0.342 e. The van der Waals surface area contributed by atoms with E-state index in [1.165, 1.54) is 6.33 Å². The molecular formula is C18H17N7O. The van der Waals surface area contributed by atoms with E-state index in [9.17, 15) is 4.79 Å². The molecule has 0 aliphatic rings. The molecule has 0 fully saturated rings. The summed E-state index contributed by atoms with van der Waals surface area (Å²) in [4.78, 5) is 16.4. The van der Waals surface area contributed by atoms with Crippen LogP contribution >= 0.6 is 0 Å². The van der Waals surface area contributed by atoms with Crippen LogP contribution in [0.1, 0.15) is 34.7 Å². The van der Waals surface area contributed by atoms with E-state index in [0.29, 0.717) is 17.9 Å². The maximum atomic E-state index is 12.5. The van der Waals surface area contributed by atoms with Gasteiger partial charge in [0.25, 0.3) is 5.91 Å². The average molecular weight is 347 g/mol. The Balaban J connectivity index is 1.45. The van der Waals surface area contributed by atoms with Crippen LogP contribution in [0.3, 0.4) is 0 Å². The highest BCUT2D eigenvalue weighted by Gasteiger charge is 2.16. The van der Waals surface area contributed by atoms with Gasteiger partial charge in [-0.25, -0.2) is 9.67 Å². The molecule has 130 valence electrons. The molecule has 0 saturated carbocycles. The molecule has 8 nitrogen and oxygen atoms in total. The van der Waals surface area contributed by atoms with Gasteiger partial charge >= 0.3 is 0 Å². The van der Waals surface area contributed by atoms with Gasteiger partial charge in [-0.15, -0.1) is 10.2 Å². The van der Waals surface area contributed by atoms with Crippen molar-refractivity contribution in [3.05, 3.63) is 78.3 Å². The maximum Gasteiger partial charge on any atom is 0.251 e. The number of hydrogen-bond donors (Lipinski definition) is 1. The van der Waals surface area contributed by atoms with Crippen molar-refractivity contribution in [2.45, 2.75) is 19.5 Å². The zero-order chi connectivity index (χ0) is 17.9. The lowest BCUT2D eigenvalue weighted by Gasteiger charge is -2.12. The molecule has 0 aliphatic carbocycles. The third kappa shape index (κ3) is 3.16. The van der Waals surface area contributed by atoms with Gasteiger partial charge in [-0.1, -0.05) is 18.2 Å². The number of aromatic nitrogens is 6. The van der Waals surface area contributed by atoms with E-state index >= 15 is 0 Å². The van der Waals surface area contributed by atoms with Crippen molar-refractivity contribution >= 4 is 11.6 Å². The number of rotatable bonds is 5. The molecule has 8 heteroatoms. The summed E-state index contributed by atoms with van der Waals surface area (Å²) in [6.45, 7) is 2.50. The van der Waals surface area contributed by atoms with Crippen molar-refractivity contribution < 1.29 is 4.79 Å². The summed E-state index contributed by atoms with van der Waals surface area (Å²) >= 11 is 0. The first-order chi connectivity index (χ1) is 12.7. The molecule has 4 rings (SSSR count). The van der Waals surface area contributed by atoms with Crippen molar-refractivity contribution in [3.63, 3.8) is 0 Å². The Bertz CT molecular complexity index is 1020. The highest BCUT2D eigenvalue weighted by molar-refractivity contribution is 5.94. The average Bonchev–Trinajstić information content (AvgIpc) is 3.31. The van der Waals surface area contributed by atoms with Gasteiger partial charge in [0.1, 0.15) is 12.7 Å². The summed E-state index contributed by atoms with van der Waals surface area (Å²) in [6.07, 6.45) is 5.04. The molecule has 0 radical (unpaired) electrons. The van der Waals surface area contributed by atoms with Gasteiger partial charge in [-0.3, -0.25) is 9.20 Å². The fourth-order valence-electron chi connectivity index (χ4n) is 2.76. The number of carbonyl (C=O) groups is 1. The number of nitrogens with one attached hydrogen (secondary N) is 1. The normalized spacial score (nSPS) is 12.2. The highest BCUT2D eigenvalue weighted by atomic mass is 16.1. The van der Waals surface area contributed by atoms with Crippen LogP contribution in [0, 0.1) is 0 Å². The first-order valence-corrected chi connectivity index (χ1v) is 8.22. The molecule has 4 aromatic rings. The number of benzene rings is 1. The minimum atomic E-state index is -0.269. The quantitative estimate of drug-likeness (QED) is 0.595. The van der Waals surface area contributed by atoms with Crippen LogP contribution < -0.4 is 5.32 Å². The number of nitrogens with zero attached hydrogens (tertiary/aromatic N) is 6. The van der Waals surface area contributed by atoms with Crippen LogP contribution in [0.5, 0.6) is 0 Å². The summed E-state index contributed by atoms with van der Waals surface area (Å²) in [6, 6.07) is 12.8. The van der Waals surface area contributed by atoms with Crippen molar-refractivity contribution in [2.75, 3.05) is 0 Å². The molecule has 0 saturated heterocycles. The molecule has 3 aromatic heterocycles. The third-order valence-electron chi connectivity index (χ3n) is 4.10. The van der Waals surface area contributed by atoms with Crippen molar-refractivity contribution in [1.82, 2.24) is 34.7 Å². The lowest BCUT2D eigenvalue weighted by Crippen LogP contribution is -2.28. The predicted octanol–water partition coefficient (Wildman–Crippen LogP) is 1.86. The van der Waals surface area contributed by atoms with Gasteiger partial charge in [-0.05, 0) is 36.8 Å². The van der Waals surface area contributed by atoms with Gasteiger partial charge in [0.2, 0.25) is 0 Å². The van der Waals surface area contributed by atoms with Gasteiger partial charge in [0.15, 0.2) is 11.5 Å². The second kappa shape index (κ2) is 6.75. The topological polar surface area (TPSA) is 90.0 Å². The molecule has 0 aliphatic heterocycles. The summed E-state index contributed by atoms with van der Waals surface area (Å²) < 4.78 is 3.60. The molecule has 1 N–H and O–H groups in total. The fraction of sp³-hybridized carbons (Fsp3) is 0.167. The van der Waals surface area contributed by atoms with Crippen LogP contribution in [0.25, 0.3) is 5.65 Å². The van der Waals surface area contributed by atoms with Crippen molar-refractivity contribution in [1.29, 1.82) is 0 Å². The highest BCUT2D eigenvalue weighted by Crippen LogP contribution is 2.13. The van der Waals surface area contributed by atoms with Crippen LogP contribution in [-0.2, 0) is 6.54 Å². The Hall–Kier alpha value is -3.55. The fourth-order valence-corrected chi connectivity index (χ4v) is 2.76. The van der Waals surface area contributed by atoms with Crippen LogP contribution in [0.15, 0.2) is 61.3 Å². The first kappa shape index (κ1) is 15.9. The van der Waals surface area contributed by atoms with E-state index in [4.69, 9.17) is 0 Å². The van der Waals surface area contributed by atoms with Gasteiger partial charge in [0.05, 0.1) is 12.6 Å². The number of pyridine rings is 1. The number of amides is 1. The second-order valence-corrected chi connectivity index (χ2v) is 5.97. The Morgan fingerprint density at radius 3 is 2.77 bits per heavy atom. The third-order valence-corrected chi connectivity index (χ3v) is 4.10. The van der Waals surface area contributed by atoms with Crippen molar-refractivity contribution in [3.8, 4) is 0 Å². The standard InChI is InChI=1S/C18H17N7O/c1-13(17-23-22-16-4-2-3-9-25(16)17)21-18(26)15-7-5-14(6-8-15)10-24-12-19-11-20-24/h2-9,11-13H,10H2,1H3,(H,21,26)/t13-/m1/s1. The Morgan fingerprint density at radius 2 is 2.00 bits per heavy atom. The van der Waals surface area contributed by atoms with E-state index < -0.39 is 0 Å². The molecule has 0 spiro atoms. The molecular weight excluding hydrogens is 330 g/mol. The van der Waals surface area contributed by atoms with Crippen LogP contribution in [0.4, 0.5) is 0 Å². The predicted molar refractivity (Wildman–Crippen MR) is 94.4 cm³/mol. The summed E-state index contributed by atoms with van der Waals surface area (Å²) in [7, 11) is 0. The monoisotopic (exact) mass is 347 g/mol. The number of fused-ring (bicyclic) bond motifs is 1.